The number of nitriles is 1. The van der Waals surface area contributed by atoms with Gasteiger partial charge >= 0.3 is 0 Å². The highest BCUT2D eigenvalue weighted by atomic mass is 16.2. The van der Waals surface area contributed by atoms with Crippen LogP contribution in [0.1, 0.15) is 30.1 Å². The van der Waals surface area contributed by atoms with Crippen molar-refractivity contribution in [1.82, 2.24) is 10.6 Å². The second kappa shape index (κ2) is 9.13. The normalized spacial score (nSPS) is 9.45. The standard InChI is InChI=1S/C15H18N4O3/c1-11(20)19-13-5-2-4-12(10-13)15(22)18-9-3-8-17-14(21)6-7-16/h2,4-5,10H,3,6,8-9H2,1H3,(H,17,21)(H,18,22)(H,19,20). The lowest BCUT2D eigenvalue weighted by Gasteiger charge is -2.08. The summed E-state index contributed by atoms with van der Waals surface area (Å²) in [4.78, 5) is 33.9. The molecular weight excluding hydrogens is 284 g/mol. The summed E-state index contributed by atoms with van der Waals surface area (Å²) in [5, 5.41) is 16.2. The average molecular weight is 302 g/mol. The lowest BCUT2D eigenvalue weighted by Crippen LogP contribution is -2.29. The van der Waals surface area contributed by atoms with E-state index in [-0.39, 0.29) is 24.1 Å². The van der Waals surface area contributed by atoms with Crippen LogP contribution in [0.4, 0.5) is 5.69 Å². The summed E-state index contributed by atoms with van der Waals surface area (Å²) in [6, 6.07) is 8.37. The molecule has 1 aromatic rings. The summed E-state index contributed by atoms with van der Waals surface area (Å²) < 4.78 is 0. The second-order valence-corrected chi connectivity index (χ2v) is 4.56. The van der Waals surface area contributed by atoms with Gasteiger partial charge in [0.15, 0.2) is 0 Å². The summed E-state index contributed by atoms with van der Waals surface area (Å²) in [6.07, 6.45) is 0.399. The van der Waals surface area contributed by atoms with E-state index in [4.69, 9.17) is 5.26 Å². The number of nitrogens with zero attached hydrogens (tertiary/aromatic N) is 1. The van der Waals surface area contributed by atoms with Gasteiger partial charge in [0, 0.05) is 31.3 Å². The number of carbonyl (C=O) groups excluding carboxylic acids is 3. The van der Waals surface area contributed by atoms with E-state index in [9.17, 15) is 14.4 Å². The van der Waals surface area contributed by atoms with E-state index in [1.165, 1.54) is 6.92 Å². The second-order valence-electron chi connectivity index (χ2n) is 4.56. The fourth-order valence-corrected chi connectivity index (χ4v) is 1.70. The van der Waals surface area contributed by atoms with Gasteiger partial charge < -0.3 is 16.0 Å². The third-order valence-corrected chi connectivity index (χ3v) is 2.65. The van der Waals surface area contributed by atoms with Crippen LogP contribution in [0.2, 0.25) is 0 Å². The average Bonchev–Trinajstić information content (AvgIpc) is 2.46. The van der Waals surface area contributed by atoms with E-state index in [2.05, 4.69) is 16.0 Å². The van der Waals surface area contributed by atoms with Crippen molar-refractivity contribution in [3.05, 3.63) is 29.8 Å². The van der Waals surface area contributed by atoms with Gasteiger partial charge in [0.05, 0.1) is 6.07 Å². The Labute approximate surface area is 128 Å². The smallest absolute Gasteiger partial charge is 0.251 e. The van der Waals surface area contributed by atoms with E-state index in [1.54, 1.807) is 30.3 Å². The molecule has 0 bridgehead atoms. The van der Waals surface area contributed by atoms with Crippen molar-refractivity contribution >= 4 is 23.4 Å². The van der Waals surface area contributed by atoms with Crippen molar-refractivity contribution in [2.45, 2.75) is 19.8 Å². The molecule has 0 radical (unpaired) electrons. The Balaban J connectivity index is 2.35. The molecule has 0 saturated carbocycles. The Morgan fingerprint density at radius 2 is 1.91 bits per heavy atom. The third kappa shape index (κ3) is 6.52. The molecule has 0 fully saturated rings. The molecule has 1 rings (SSSR count). The van der Waals surface area contributed by atoms with E-state index in [1.807, 2.05) is 0 Å². The number of amides is 3. The molecule has 0 aliphatic carbocycles. The number of benzene rings is 1. The van der Waals surface area contributed by atoms with Gasteiger partial charge in [-0.1, -0.05) is 6.07 Å². The Kier molecular flexibility index (Phi) is 7.13. The van der Waals surface area contributed by atoms with Gasteiger partial charge in [-0.15, -0.1) is 0 Å². The first-order chi connectivity index (χ1) is 10.5. The Morgan fingerprint density at radius 3 is 2.59 bits per heavy atom. The van der Waals surface area contributed by atoms with Gasteiger partial charge in [-0.2, -0.15) is 5.26 Å². The summed E-state index contributed by atoms with van der Waals surface area (Å²) in [5.74, 6) is -0.780. The van der Waals surface area contributed by atoms with Crippen LogP contribution in [-0.4, -0.2) is 30.8 Å². The van der Waals surface area contributed by atoms with Crippen molar-refractivity contribution in [3.63, 3.8) is 0 Å². The molecule has 0 unspecified atom stereocenters. The van der Waals surface area contributed by atoms with E-state index in [0.717, 1.165) is 0 Å². The molecule has 0 aromatic heterocycles. The Morgan fingerprint density at radius 1 is 1.18 bits per heavy atom. The molecule has 0 atom stereocenters. The molecule has 7 nitrogen and oxygen atoms in total. The van der Waals surface area contributed by atoms with Gasteiger partial charge in [0.25, 0.3) is 5.91 Å². The molecular formula is C15H18N4O3. The summed E-state index contributed by atoms with van der Waals surface area (Å²) in [5.41, 5.74) is 1.00. The number of hydrogen-bond acceptors (Lipinski definition) is 4. The molecule has 0 saturated heterocycles. The minimum Gasteiger partial charge on any atom is -0.355 e. The first-order valence-electron chi connectivity index (χ1n) is 6.82. The van der Waals surface area contributed by atoms with Crippen LogP contribution in [0.15, 0.2) is 24.3 Å². The molecule has 0 heterocycles. The highest BCUT2D eigenvalue weighted by Gasteiger charge is 2.06. The number of carbonyl (C=O) groups is 3. The lowest BCUT2D eigenvalue weighted by molar-refractivity contribution is -0.120. The van der Waals surface area contributed by atoms with Crippen molar-refractivity contribution in [1.29, 1.82) is 5.26 Å². The highest BCUT2D eigenvalue weighted by molar-refractivity contribution is 5.96. The van der Waals surface area contributed by atoms with Crippen molar-refractivity contribution < 1.29 is 14.4 Å². The van der Waals surface area contributed by atoms with E-state index in [0.29, 0.717) is 30.8 Å². The van der Waals surface area contributed by atoms with Gasteiger partial charge in [-0.25, -0.2) is 0 Å². The quantitative estimate of drug-likeness (QED) is 0.647. The summed E-state index contributed by atoms with van der Waals surface area (Å²) >= 11 is 0. The Bertz CT molecular complexity index is 593. The van der Waals surface area contributed by atoms with E-state index >= 15 is 0 Å². The molecule has 22 heavy (non-hydrogen) atoms. The first kappa shape index (κ1) is 17.2. The number of anilines is 1. The SMILES string of the molecule is CC(=O)Nc1cccc(C(=O)NCCCNC(=O)CC#N)c1. The molecule has 3 amide bonds. The van der Waals surface area contributed by atoms with Gasteiger partial charge in [0.1, 0.15) is 6.42 Å². The largest absolute Gasteiger partial charge is 0.355 e. The van der Waals surface area contributed by atoms with Crippen LogP contribution < -0.4 is 16.0 Å². The van der Waals surface area contributed by atoms with Crippen LogP contribution in [-0.2, 0) is 9.59 Å². The summed E-state index contributed by atoms with van der Waals surface area (Å²) in [7, 11) is 0. The van der Waals surface area contributed by atoms with Crippen molar-refractivity contribution in [2.24, 2.45) is 0 Å². The molecule has 1 aromatic carbocycles. The zero-order chi connectivity index (χ0) is 16.4. The van der Waals surface area contributed by atoms with Crippen LogP contribution in [0.3, 0.4) is 0 Å². The maximum atomic E-state index is 11.9. The monoisotopic (exact) mass is 302 g/mol. The Hall–Kier alpha value is -2.88. The van der Waals surface area contributed by atoms with Gasteiger partial charge in [-0.3, -0.25) is 14.4 Å². The minimum atomic E-state index is -0.322. The van der Waals surface area contributed by atoms with Crippen LogP contribution in [0.5, 0.6) is 0 Å². The third-order valence-electron chi connectivity index (χ3n) is 2.65. The minimum absolute atomic E-state index is 0.164. The number of hydrogen-bond donors (Lipinski definition) is 3. The van der Waals surface area contributed by atoms with Crippen molar-refractivity contribution in [2.75, 3.05) is 18.4 Å². The molecule has 116 valence electrons. The predicted octanol–water partition coefficient (Wildman–Crippen LogP) is 0.795. The maximum absolute atomic E-state index is 11.9. The lowest BCUT2D eigenvalue weighted by atomic mass is 10.2. The number of nitrogens with one attached hydrogen (secondary N) is 3. The zero-order valence-corrected chi connectivity index (χ0v) is 12.3. The molecule has 0 spiro atoms. The van der Waals surface area contributed by atoms with Crippen molar-refractivity contribution in [3.8, 4) is 6.07 Å². The fraction of sp³-hybridized carbons (Fsp3) is 0.333. The topological polar surface area (TPSA) is 111 Å². The maximum Gasteiger partial charge on any atom is 0.251 e. The molecule has 3 N–H and O–H groups in total. The summed E-state index contributed by atoms with van der Waals surface area (Å²) in [6.45, 7) is 2.19. The number of rotatable bonds is 7. The van der Waals surface area contributed by atoms with Crippen LogP contribution in [0, 0.1) is 11.3 Å². The first-order valence-corrected chi connectivity index (χ1v) is 6.82. The van der Waals surface area contributed by atoms with Crippen LogP contribution in [0.25, 0.3) is 0 Å². The molecule has 7 heteroatoms. The molecule has 0 aliphatic rings. The van der Waals surface area contributed by atoms with Gasteiger partial charge in [0.2, 0.25) is 11.8 Å². The van der Waals surface area contributed by atoms with Gasteiger partial charge in [-0.05, 0) is 24.6 Å². The highest BCUT2D eigenvalue weighted by Crippen LogP contribution is 2.10. The fourth-order valence-electron chi connectivity index (χ4n) is 1.70. The zero-order valence-electron chi connectivity index (χ0n) is 12.3. The van der Waals surface area contributed by atoms with Crippen LogP contribution >= 0.6 is 0 Å². The molecule has 0 aliphatic heterocycles. The predicted molar refractivity (Wildman–Crippen MR) is 80.9 cm³/mol. The van der Waals surface area contributed by atoms with E-state index < -0.39 is 0 Å².